The maximum Gasteiger partial charge on any atom is 0.348 e. The number of aromatic nitrogens is 5. The van der Waals surface area contributed by atoms with Gasteiger partial charge in [0.05, 0.1) is 17.5 Å². The van der Waals surface area contributed by atoms with Gasteiger partial charge in [-0.15, -0.1) is 0 Å². The van der Waals surface area contributed by atoms with E-state index in [0.29, 0.717) is 23.0 Å². The van der Waals surface area contributed by atoms with Crippen LogP contribution in [0.5, 0.6) is 0 Å². The lowest BCUT2D eigenvalue weighted by molar-refractivity contribution is 0.0285. The summed E-state index contributed by atoms with van der Waals surface area (Å²) >= 11 is 0. The Morgan fingerprint density at radius 3 is 2.53 bits per heavy atom. The number of aryl methyl sites for hydroxylation is 1. The van der Waals surface area contributed by atoms with Gasteiger partial charge in [0.2, 0.25) is 5.82 Å². The number of H-pyrrole nitrogens is 1. The van der Waals surface area contributed by atoms with E-state index in [1.807, 2.05) is 0 Å². The summed E-state index contributed by atoms with van der Waals surface area (Å²) in [6.45, 7) is 1.77. The molecule has 3 aromatic heterocycles. The Balaban J connectivity index is 1.88. The van der Waals surface area contributed by atoms with E-state index < -0.39 is 33.1 Å². The van der Waals surface area contributed by atoms with Crippen LogP contribution in [0, 0.1) is 12.7 Å². The molecule has 32 heavy (non-hydrogen) atoms. The maximum atomic E-state index is 15.2. The quantitative estimate of drug-likeness (QED) is 0.450. The van der Waals surface area contributed by atoms with E-state index in [0.717, 1.165) is 24.1 Å². The molecule has 8 nitrogen and oxygen atoms in total. The normalized spacial score (nSPS) is 12.3. The van der Waals surface area contributed by atoms with Crippen LogP contribution in [0.1, 0.15) is 22.8 Å². The third kappa shape index (κ3) is 4.54. The van der Waals surface area contributed by atoms with Gasteiger partial charge in [-0.25, -0.2) is 22.8 Å². The van der Waals surface area contributed by atoms with Crippen molar-refractivity contribution in [1.29, 1.82) is 0 Å². The molecule has 0 spiro atoms. The number of nitrogens with one attached hydrogen (secondary N) is 2. The van der Waals surface area contributed by atoms with Crippen molar-refractivity contribution in [2.45, 2.75) is 18.6 Å². The van der Waals surface area contributed by atoms with Crippen molar-refractivity contribution in [2.75, 3.05) is 11.6 Å². The minimum absolute atomic E-state index is 0.0455. The van der Waals surface area contributed by atoms with Gasteiger partial charge < -0.3 is 5.32 Å². The fourth-order valence-corrected chi connectivity index (χ4v) is 3.87. The van der Waals surface area contributed by atoms with Crippen LogP contribution in [0.2, 0.25) is 0 Å². The summed E-state index contributed by atoms with van der Waals surface area (Å²) in [4.78, 5) is 11.5. The number of alkyl halides is 2. The van der Waals surface area contributed by atoms with E-state index in [9.17, 15) is 12.8 Å². The van der Waals surface area contributed by atoms with Crippen LogP contribution in [-0.4, -0.2) is 39.8 Å². The van der Waals surface area contributed by atoms with Gasteiger partial charge >= 0.3 is 5.92 Å². The van der Waals surface area contributed by atoms with E-state index in [-0.39, 0.29) is 17.1 Å². The minimum atomic E-state index is -3.74. The van der Waals surface area contributed by atoms with Crippen LogP contribution in [0.15, 0.2) is 42.6 Å². The van der Waals surface area contributed by atoms with Crippen molar-refractivity contribution >= 4 is 32.4 Å². The summed E-state index contributed by atoms with van der Waals surface area (Å²) in [7, 11) is -3.35. The molecule has 4 rings (SSSR count). The average Bonchev–Trinajstić information content (AvgIpc) is 3.11. The molecule has 0 fully saturated rings. The molecule has 0 aliphatic heterocycles. The lowest BCUT2D eigenvalue weighted by Crippen LogP contribution is -2.21. The Kier molecular flexibility index (Phi) is 5.33. The fourth-order valence-electron chi connectivity index (χ4n) is 3.08. The second-order valence-electron chi connectivity index (χ2n) is 7.31. The molecule has 0 saturated carbocycles. The molecule has 0 aliphatic carbocycles. The number of benzene rings is 1. The molecular formula is C20H17F3N6O2S. The minimum Gasteiger partial charge on any atom is -0.323 e. The van der Waals surface area contributed by atoms with Crippen LogP contribution in [0.25, 0.3) is 10.9 Å². The van der Waals surface area contributed by atoms with Crippen molar-refractivity contribution < 1.29 is 21.6 Å². The molecule has 0 radical (unpaired) electrons. The monoisotopic (exact) mass is 462 g/mol. The first-order chi connectivity index (χ1) is 15.0. The first kappa shape index (κ1) is 21.7. The van der Waals surface area contributed by atoms with Gasteiger partial charge in [0.1, 0.15) is 17.3 Å². The smallest absolute Gasteiger partial charge is 0.323 e. The van der Waals surface area contributed by atoms with Gasteiger partial charge in [-0.2, -0.15) is 13.9 Å². The summed E-state index contributed by atoms with van der Waals surface area (Å²) in [5.41, 5.74) is 0.497. The van der Waals surface area contributed by atoms with Crippen molar-refractivity contribution in [1.82, 2.24) is 25.1 Å². The second kappa shape index (κ2) is 7.86. The molecule has 1 aromatic carbocycles. The Morgan fingerprint density at radius 1 is 1.12 bits per heavy atom. The van der Waals surface area contributed by atoms with Crippen molar-refractivity contribution in [3.8, 4) is 0 Å². The summed E-state index contributed by atoms with van der Waals surface area (Å²) in [5, 5.41) is 10.0. The third-order valence-corrected chi connectivity index (χ3v) is 5.33. The molecule has 166 valence electrons. The zero-order chi connectivity index (χ0) is 23.1. The molecule has 4 aromatic rings. The second-order valence-corrected chi connectivity index (χ2v) is 9.45. The molecule has 3 heterocycles. The van der Waals surface area contributed by atoms with E-state index in [4.69, 9.17) is 0 Å². The SMILES string of the molecule is Cc1cc(Nc2nc(C(F)(F)c3ccc(F)cn3)nc3cc(CS(C)(=O)=O)ccc23)n[nH]1. The standard InChI is InChI=1S/C20H17F3N6O2S/c1-11-7-17(29-28-11)26-18-14-5-3-12(10-32(2,30)31)8-15(14)25-19(27-18)20(22,23)16-6-4-13(21)9-24-16/h3-9H,10H2,1-2H3,(H2,25,26,27,28,29). The molecule has 0 atom stereocenters. The molecule has 0 bridgehead atoms. The average molecular weight is 462 g/mol. The van der Waals surface area contributed by atoms with Gasteiger partial charge in [0.15, 0.2) is 15.7 Å². The van der Waals surface area contributed by atoms with E-state index >= 15 is 8.78 Å². The largest absolute Gasteiger partial charge is 0.348 e. The van der Waals surface area contributed by atoms with Crippen LogP contribution in [0.4, 0.5) is 24.8 Å². The Hall–Kier alpha value is -3.54. The fraction of sp³-hybridized carbons (Fsp3) is 0.200. The summed E-state index contributed by atoms with van der Waals surface area (Å²) in [6.07, 6.45) is 1.75. The molecule has 0 amide bonds. The van der Waals surface area contributed by atoms with E-state index in [1.165, 1.54) is 6.07 Å². The molecule has 0 saturated heterocycles. The highest BCUT2D eigenvalue weighted by atomic mass is 32.2. The summed E-state index contributed by atoms with van der Waals surface area (Å²) < 4.78 is 66.9. The Bertz CT molecular complexity index is 1400. The van der Waals surface area contributed by atoms with Crippen molar-refractivity contribution in [3.63, 3.8) is 0 Å². The predicted octanol–water partition coefficient (Wildman–Crippen LogP) is 3.62. The van der Waals surface area contributed by atoms with Gasteiger partial charge in [-0.3, -0.25) is 10.1 Å². The predicted molar refractivity (Wildman–Crippen MR) is 112 cm³/mol. The molecule has 12 heteroatoms. The first-order valence-electron chi connectivity index (χ1n) is 9.29. The van der Waals surface area contributed by atoms with Gasteiger partial charge in [0, 0.05) is 23.4 Å². The number of fused-ring (bicyclic) bond motifs is 1. The number of rotatable bonds is 6. The summed E-state index contributed by atoms with van der Waals surface area (Å²) in [6, 6.07) is 7.91. The molecule has 0 aliphatic rings. The van der Waals surface area contributed by atoms with Gasteiger partial charge in [0.25, 0.3) is 0 Å². The van der Waals surface area contributed by atoms with Gasteiger partial charge in [-0.1, -0.05) is 6.07 Å². The van der Waals surface area contributed by atoms with Crippen LogP contribution >= 0.6 is 0 Å². The number of pyridine rings is 1. The number of sulfone groups is 1. The highest BCUT2D eigenvalue weighted by Crippen LogP contribution is 2.35. The number of hydrogen-bond acceptors (Lipinski definition) is 7. The number of halogens is 3. The summed E-state index contributed by atoms with van der Waals surface area (Å²) in [5.74, 6) is -5.27. The number of anilines is 2. The molecular weight excluding hydrogens is 445 g/mol. The zero-order valence-electron chi connectivity index (χ0n) is 16.9. The highest BCUT2D eigenvalue weighted by Gasteiger charge is 2.40. The lowest BCUT2D eigenvalue weighted by atomic mass is 10.1. The molecule has 0 unspecified atom stereocenters. The van der Waals surface area contributed by atoms with Crippen LogP contribution in [0.3, 0.4) is 0 Å². The first-order valence-corrected chi connectivity index (χ1v) is 11.3. The van der Waals surface area contributed by atoms with Crippen LogP contribution < -0.4 is 5.32 Å². The van der Waals surface area contributed by atoms with E-state index in [1.54, 1.807) is 25.1 Å². The van der Waals surface area contributed by atoms with Gasteiger partial charge in [-0.05, 0) is 36.8 Å². The van der Waals surface area contributed by atoms with Crippen molar-refractivity contribution in [3.05, 3.63) is 71.2 Å². The lowest BCUT2D eigenvalue weighted by Gasteiger charge is -2.17. The highest BCUT2D eigenvalue weighted by molar-refractivity contribution is 7.89. The number of hydrogen-bond donors (Lipinski definition) is 2. The van der Waals surface area contributed by atoms with Crippen molar-refractivity contribution in [2.24, 2.45) is 0 Å². The number of nitrogens with zero attached hydrogens (tertiary/aromatic N) is 4. The van der Waals surface area contributed by atoms with Crippen LogP contribution in [-0.2, 0) is 21.5 Å². The Labute approximate surface area is 180 Å². The third-order valence-electron chi connectivity index (χ3n) is 4.47. The maximum absolute atomic E-state index is 15.2. The number of aromatic amines is 1. The Morgan fingerprint density at radius 2 is 1.91 bits per heavy atom. The molecule has 2 N–H and O–H groups in total. The topological polar surface area (TPSA) is 114 Å². The zero-order valence-corrected chi connectivity index (χ0v) is 17.7. The van der Waals surface area contributed by atoms with E-state index in [2.05, 4.69) is 30.5 Å².